The molecule has 1 amide bonds. The molecule has 0 aromatic rings. The molecule has 27 heavy (non-hydrogen) atoms. The summed E-state index contributed by atoms with van der Waals surface area (Å²) in [6, 6.07) is 0. The number of likely N-dealkylation sites (tertiary alicyclic amines) is 1. The second-order valence-corrected chi connectivity index (χ2v) is 8.83. The maximum Gasteiger partial charge on any atom is 0.220 e. The van der Waals surface area contributed by atoms with Crippen molar-refractivity contribution in [2.75, 3.05) is 46.8 Å². The third-order valence-electron chi connectivity index (χ3n) is 6.75. The van der Waals surface area contributed by atoms with Crippen LogP contribution in [0.2, 0.25) is 0 Å². The first-order valence-corrected chi connectivity index (χ1v) is 10.5. The number of guanidine groups is 1. The summed E-state index contributed by atoms with van der Waals surface area (Å²) in [4.78, 5) is 21.7. The van der Waals surface area contributed by atoms with Gasteiger partial charge < -0.3 is 20.4 Å². The lowest BCUT2D eigenvalue weighted by Crippen LogP contribution is -2.53. The molecule has 2 aliphatic heterocycles. The number of carbonyl (C=O) groups is 1. The highest BCUT2D eigenvalue weighted by molar-refractivity contribution is 14.0. The number of hydrogen-bond donors (Lipinski definition) is 2. The summed E-state index contributed by atoms with van der Waals surface area (Å²) in [7, 11) is 4.42. The van der Waals surface area contributed by atoms with Crippen molar-refractivity contribution in [3.63, 3.8) is 0 Å². The van der Waals surface area contributed by atoms with E-state index < -0.39 is 0 Å². The van der Waals surface area contributed by atoms with Crippen molar-refractivity contribution in [1.82, 2.24) is 20.4 Å². The van der Waals surface area contributed by atoms with Gasteiger partial charge in [-0.25, -0.2) is 0 Å². The van der Waals surface area contributed by atoms with Gasteiger partial charge in [-0.15, -0.1) is 24.0 Å². The van der Waals surface area contributed by atoms with E-state index in [4.69, 9.17) is 4.99 Å². The minimum atomic E-state index is 0. The molecule has 7 heteroatoms. The Morgan fingerprint density at radius 1 is 1.22 bits per heavy atom. The third kappa shape index (κ3) is 5.28. The Hall–Kier alpha value is -0.570. The number of halogens is 1. The SMILES string of the molecule is CCNC(=NCC1(N(C)C)CCCCC1)N1CCCC2(CNC(=O)C2)C1.I. The summed E-state index contributed by atoms with van der Waals surface area (Å²) in [6.07, 6.45) is 9.41. The van der Waals surface area contributed by atoms with Crippen LogP contribution in [0, 0.1) is 5.41 Å². The maximum absolute atomic E-state index is 11.8. The van der Waals surface area contributed by atoms with E-state index in [-0.39, 0.29) is 40.8 Å². The van der Waals surface area contributed by atoms with Crippen LogP contribution in [0.4, 0.5) is 0 Å². The number of amides is 1. The van der Waals surface area contributed by atoms with Crippen LogP contribution in [-0.4, -0.2) is 74.0 Å². The molecule has 1 atom stereocenters. The molecule has 2 heterocycles. The van der Waals surface area contributed by atoms with Crippen molar-refractivity contribution in [3.05, 3.63) is 0 Å². The largest absolute Gasteiger partial charge is 0.357 e. The van der Waals surface area contributed by atoms with E-state index in [0.717, 1.165) is 51.5 Å². The normalized spacial score (nSPS) is 28.2. The average molecular weight is 491 g/mol. The zero-order valence-corrected chi connectivity index (χ0v) is 19.7. The lowest BCUT2D eigenvalue weighted by molar-refractivity contribution is -0.119. The molecule has 1 unspecified atom stereocenters. The fourth-order valence-electron chi connectivity index (χ4n) is 5.03. The van der Waals surface area contributed by atoms with Crippen molar-refractivity contribution in [2.24, 2.45) is 10.4 Å². The lowest BCUT2D eigenvalue weighted by Gasteiger charge is -2.43. The van der Waals surface area contributed by atoms with E-state index in [0.29, 0.717) is 6.42 Å². The molecule has 156 valence electrons. The first-order chi connectivity index (χ1) is 12.5. The Morgan fingerprint density at radius 3 is 2.56 bits per heavy atom. The highest BCUT2D eigenvalue weighted by Gasteiger charge is 2.42. The molecule has 0 radical (unpaired) electrons. The Labute approximate surface area is 181 Å². The highest BCUT2D eigenvalue weighted by atomic mass is 127. The van der Waals surface area contributed by atoms with E-state index in [2.05, 4.69) is 41.5 Å². The molecule has 1 aliphatic carbocycles. The van der Waals surface area contributed by atoms with Crippen LogP contribution in [0.5, 0.6) is 0 Å². The summed E-state index contributed by atoms with van der Waals surface area (Å²) < 4.78 is 0. The number of nitrogens with one attached hydrogen (secondary N) is 2. The number of nitrogens with zero attached hydrogens (tertiary/aromatic N) is 3. The second kappa shape index (κ2) is 9.76. The Bertz CT molecular complexity index is 532. The molecule has 0 bridgehead atoms. The van der Waals surface area contributed by atoms with Gasteiger partial charge in [0.05, 0.1) is 6.54 Å². The summed E-state index contributed by atoms with van der Waals surface area (Å²) in [5.74, 6) is 1.25. The number of piperidine rings is 1. The van der Waals surface area contributed by atoms with Gasteiger partial charge in [0.25, 0.3) is 0 Å². The van der Waals surface area contributed by atoms with Crippen LogP contribution in [0.15, 0.2) is 4.99 Å². The van der Waals surface area contributed by atoms with Crippen LogP contribution in [0.25, 0.3) is 0 Å². The molecule has 6 nitrogen and oxygen atoms in total. The Kier molecular flexibility index (Phi) is 8.21. The average Bonchev–Trinajstić information content (AvgIpc) is 2.99. The van der Waals surface area contributed by atoms with Gasteiger partial charge in [0.1, 0.15) is 0 Å². The van der Waals surface area contributed by atoms with E-state index in [1.165, 1.54) is 32.1 Å². The number of carbonyl (C=O) groups excluding carboxylic acids is 1. The highest BCUT2D eigenvalue weighted by Crippen LogP contribution is 2.36. The summed E-state index contributed by atoms with van der Waals surface area (Å²) in [6.45, 7) is 6.68. The molecule has 2 saturated heterocycles. The summed E-state index contributed by atoms with van der Waals surface area (Å²) in [5, 5.41) is 6.56. The zero-order chi connectivity index (χ0) is 18.6. The van der Waals surface area contributed by atoms with E-state index >= 15 is 0 Å². The Morgan fingerprint density at radius 2 is 1.96 bits per heavy atom. The third-order valence-corrected chi connectivity index (χ3v) is 6.75. The molecule has 3 fully saturated rings. The van der Waals surface area contributed by atoms with Crippen molar-refractivity contribution < 1.29 is 4.79 Å². The monoisotopic (exact) mass is 491 g/mol. The van der Waals surface area contributed by atoms with Crippen molar-refractivity contribution in [3.8, 4) is 0 Å². The Balaban J connectivity index is 0.00000261. The predicted octanol–water partition coefficient (Wildman–Crippen LogP) is 2.44. The first kappa shape index (κ1) is 22.7. The van der Waals surface area contributed by atoms with Gasteiger partial charge in [-0.05, 0) is 46.7 Å². The van der Waals surface area contributed by atoms with Crippen LogP contribution in [-0.2, 0) is 4.79 Å². The number of rotatable bonds is 4. The minimum Gasteiger partial charge on any atom is -0.357 e. The topological polar surface area (TPSA) is 60.0 Å². The molecular formula is C20H38IN5O. The van der Waals surface area contributed by atoms with Crippen molar-refractivity contribution >= 4 is 35.8 Å². The van der Waals surface area contributed by atoms with Gasteiger partial charge in [0, 0.05) is 43.6 Å². The van der Waals surface area contributed by atoms with Crippen molar-refractivity contribution in [2.45, 2.75) is 63.8 Å². The summed E-state index contributed by atoms with van der Waals surface area (Å²) >= 11 is 0. The van der Waals surface area contributed by atoms with Gasteiger partial charge >= 0.3 is 0 Å². The van der Waals surface area contributed by atoms with Crippen LogP contribution in [0.3, 0.4) is 0 Å². The van der Waals surface area contributed by atoms with E-state index in [1.54, 1.807) is 0 Å². The van der Waals surface area contributed by atoms with Gasteiger partial charge in [-0.3, -0.25) is 9.79 Å². The molecule has 0 aromatic carbocycles. The minimum absolute atomic E-state index is 0. The zero-order valence-electron chi connectivity index (χ0n) is 17.4. The van der Waals surface area contributed by atoms with Gasteiger partial charge in [-0.1, -0.05) is 19.3 Å². The van der Waals surface area contributed by atoms with E-state index in [1.807, 2.05) is 0 Å². The standard InChI is InChI=1S/C20H37N5O.HI/c1-4-21-18(23-15-20(24(2)3)10-6-5-7-11-20)25-12-8-9-19(16-25)13-17(26)22-14-19;/h4-16H2,1-3H3,(H,21,23)(H,22,26);1H. The molecule has 1 saturated carbocycles. The van der Waals surface area contributed by atoms with Gasteiger partial charge in [0.2, 0.25) is 5.91 Å². The number of aliphatic imine (C=N–C) groups is 1. The van der Waals surface area contributed by atoms with Crippen LogP contribution >= 0.6 is 24.0 Å². The fraction of sp³-hybridized carbons (Fsp3) is 0.900. The van der Waals surface area contributed by atoms with Gasteiger partial charge in [-0.2, -0.15) is 0 Å². The number of likely N-dealkylation sites (N-methyl/N-ethyl adjacent to an activating group) is 1. The maximum atomic E-state index is 11.8. The smallest absolute Gasteiger partial charge is 0.220 e. The summed E-state index contributed by atoms with van der Waals surface area (Å²) in [5.41, 5.74) is 0.312. The fourth-order valence-corrected chi connectivity index (χ4v) is 5.03. The predicted molar refractivity (Wildman–Crippen MR) is 122 cm³/mol. The molecule has 3 rings (SSSR count). The van der Waals surface area contributed by atoms with Crippen LogP contribution < -0.4 is 10.6 Å². The molecule has 3 aliphatic rings. The van der Waals surface area contributed by atoms with Crippen molar-refractivity contribution in [1.29, 1.82) is 0 Å². The first-order valence-electron chi connectivity index (χ1n) is 10.5. The molecule has 0 aromatic heterocycles. The molecule has 1 spiro atoms. The molecule has 2 N–H and O–H groups in total. The quantitative estimate of drug-likeness (QED) is 0.361. The lowest BCUT2D eigenvalue weighted by atomic mass is 9.79. The van der Waals surface area contributed by atoms with Crippen LogP contribution in [0.1, 0.15) is 58.3 Å². The molecular weight excluding hydrogens is 453 g/mol. The van der Waals surface area contributed by atoms with E-state index in [9.17, 15) is 4.79 Å². The second-order valence-electron chi connectivity index (χ2n) is 8.83. The number of hydrogen-bond acceptors (Lipinski definition) is 3. The van der Waals surface area contributed by atoms with Gasteiger partial charge in [0.15, 0.2) is 5.96 Å².